The maximum Gasteiger partial charge on any atom is 0.255 e. The number of carbonyl (C=O) groups is 2. The van der Waals surface area contributed by atoms with E-state index in [0.29, 0.717) is 62.3 Å². The van der Waals surface area contributed by atoms with Gasteiger partial charge in [0.05, 0.1) is 23.7 Å². The lowest BCUT2D eigenvalue weighted by molar-refractivity contribution is 0.0233. The quantitative estimate of drug-likeness (QED) is 0.593. The molecule has 4 aliphatic rings. The van der Waals surface area contributed by atoms with E-state index in [4.69, 9.17) is 14.6 Å². The molecule has 2 N–H and O–H groups in total. The number of ether oxygens (including phenoxy) is 2. The second-order valence-electron chi connectivity index (χ2n) is 10.8. The van der Waals surface area contributed by atoms with Crippen LogP contribution in [0.3, 0.4) is 0 Å². The molecule has 10 nitrogen and oxygen atoms in total. The summed E-state index contributed by atoms with van der Waals surface area (Å²) in [5.74, 6) is 1.30. The van der Waals surface area contributed by atoms with Gasteiger partial charge in [-0.05, 0) is 49.1 Å². The second-order valence-corrected chi connectivity index (χ2v) is 12.4. The maximum atomic E-state index is 13.4. The normalized spacial score (nSPS) is 23.9. The Morgan fingerprint density at radius 1 is 0.895 bits per heavy atom. The average Bonchev–Trinajstić information content (AvgIpc) is 3.57. The van der Waals surface area contributed by atoms with Crippen molar-refractivity contribution in [3.8, 4) is 5.88 Å². The molecule has 0 unspecified atom stereocenters. The number of amides is 2. The molecule has 3 aliphatic heterocycles. The molecule has 2 atom stereocenters. The first-order valence-corrected chi connectivity index (χ1v) is 14.8. The van der Waals surface area contributed by atoms with Crippen molar-refractivity contribution in [3.63, 3.8) is 0 Å². The summed E-state index contributed by atoms with van der Waals surface area (Å²) in [6, 6.07) is 7.65. The van der Waals surface area contributed by atoms with E-state index in [2.05, 4.69) is 4.98 Å². The van der Waals surface area contributed by atoms with Crippen molar-refractivity contribution in [1.29, 1.82) is 0 Å². The maximum absolute atomic E-state index is 13.4. The third-order valence-electron chi connectivity index (χ3n) is 8.08. The summed E-state index contributed by atoms with van der Waals surface area (Å²) in [5, 5.41) is 5.15. The van der Waals surface area contributed by atoms with Gasteiger partial charge in [0.15, 0.2) is 0 Å². The van der Waals surface area contributed by atoms with Crippen molar-refractivity contribution < 1.29 is 27.5 Å². The Bertz CT molecular complexity index is 1320. The van der Waals surface area contributed by atoms with Crippen molar-refractivity contribution in [2.75, 3.05) is 39.4 Å². The zero-order valence-electron chi connectivity index (χ0n) is 21.1. The Morgan fingerprint density at radius 3 is 2.03 bits per heavy atom. The fourth-order valence-electron chi connectivity index (χ4n) is 5.80. The third kappa shape index (κ3) is 5.14. The lowest BCUT2D eigenvalue weighted by Crippen LogP contribution is -2.35. The van der Waals surface area contributed by atoms with Crippen LogP contribution in [-0.2, 0) is 14.8 Å². The molecule has 6 rings (SSSR count). The van der Waals surface area contributed by atoms with Crippen LogP contribution in [0.15, 0.2) is 41.4 Å². The Labute approximate surface area is 222 Å². The van der Waals surface area contributed by atoms with Crippen molar-refractivity contribution in [2.24, 2.45) is 17.0 Å². The summed E-state index contributed by atoms with van der Waals surface area (Å²) in [6.07, 6.45) is 5.62. The SMILES string of the molecule is NS(=O)(=O)c1ccc(C(=O)N2C[C@@H]3CN(C(=O)c4cnc(OC5CCOCC5)c(C5CC5)c4)C[C@@H]3C2)cc1. The first kappa shape index (κ1) is 25.3. The number of benzene rings is 1. The highest BCUT2D eigenvalue weighted by molar-refractivity contribution is 7.89. The van der Waals surface area contributed by atoms with Crippen molar-refractivity contribution in [3.05, 3.63) is 53.2 Å². The first-order chi connectivity index (χ1) is 18.3. The number of rotatable bonds is 6. The summed E-state index contributed by atoms with van der Waals surface area (Å²) in [5.41, 5.74) is 2.05. The number of nitrogens with zero attached hydrogens (tertiary/aromatic N) is 3. The number of hydrogen-bond donors (Lipinski definition) is 1. The smallest absolute Gasteiger partial charge is 0.255 e. The Hall–Kier alpha value is -3.02. The molecule has 202 valence electrons. The predicted molar refractivity (Wildman–Crippen MR) is 137 cm³/mol. The Kier molecular flexibility index (Phi) is 6.61. The highest BCUT2D eigenvalue weighted by atomic mass is 32.2. The number of fused-ring (bicyclic) bond motifs is 1. The van der Waals surface area contributed by atoms with Crippen LogP contribution in [0.1, 0.15) is 57.9 Å². The van der Waals surface area contributed by atoms with Gasteiger partial charge in [-0.3, -0.25) is 9.59 Å². The van der Waals surface area contributed by atoms with Crippen LogP contribution in [0, 0.1) is 11.8 Å². The Morgan fingerprint density at radius 2 is 1.47 bits per heavy atom. The molecule has 2 amide bonds. The number of hydrogen-bond acceptors (Lipinski definition) is 7. The molecule has 2 aromatic rings. The third-order valence-corrected chi connectivity index (χ3v) is 9.01. The molecule has 1 aliphatic carbocycles. The molecule has 0 spiro atoms. The molecule has 38 heavy (non-hydrogen) atoms. The van der Waals surface area contributed by atoms with Gasteiger partial charge in [0, 0.05) is 68.2 Å². The summed E-state index contributed by atoms with van der Waals surface area (Å²) < 4.78 is 34.6. The minimum Gasteiger partial charge on any atom is -0.474 e. The van der Waals surface area contributed by atoms with Crippen LogP contribution in [0.4, 0.5) is 0 Å². The fraction of sp³-hybridized carbons (Fsp3) is 0.519. The number of pyridine rings is 1. The van der Waals surface area contributed by atoms with E-state index < -0.39 is 10.0 Å². The van der Waals surface area contributed by atoms with Crippen molar-refractivity contribution in [1.82, 2.24) is 14.8 Å². The van der Waals surface area contributed by atoms with Crippen molar-refractivity contribution >= 4 is 21.8 Å². The fourth-order valence-corrected chi connectivity index (χ4v) is 6.32. The number of nitrogens with two attached hydrogens (primary N) is 1. The Balaban J connectivity index is 1.09. The number of carbonyl (C=O) groups excluding carboxylic acids is 2. The summed E-state index contributed by atoms with van der Waals surface area (Å²) in [4.78, 5) is 34.6. The van der Waals surface area contributed by atoms with Gasteiger partial charge in [0.1, 0.15) is 6.10 Å². The van der Waals surface area contributed by atoms with Crippen LogP contribution < -0.4 is 9.88 Å². The zero-order valence-corrected chi connectivity index (χ0v) is 21.9. The van der Waals surface area contributed by atoms with Gasteiger partial charge in [-0.15, -0.1) is 0 Å². The number of primary sulfonamides is 1. The van der Waals surface area contributed by atoms with Crippen LogP contribution in [0.25, 0.3) is 0 Å². The zero-order chi connectivity index (χ0) is 26.4. The van der Waals surface area contributed by atoms with Gasteiger partial charge in [-0.2, -0.15) is 0 Å². The van der Waals surface area contributed by atoms with E-state index in [-0.39, 0.29) is 34.6 Å². The van der Waals surface area contributed by atoms with Gasteiger partial charge >= 0.3 is 0 Å². The second kappa shape index (κ2) is 9.94. The van der Waals surface area contributed by atoms with Gasteiger partial charge in [0.2, 0.25) is 15.9 Å². The molecule has 1 aromatic heterocycles. The van der Waals surface area contributed by atoms with Crippen LogP contribution in [-0.4, -0.2) is 80.5 Å². The average molecular weight is 541 g/mol. The molecule has 4 fully saturated rings. The predicted octanol–water partition coefficient (Wildman–Crippen LogP) is 2.01. The molecule has 3 saturated heterocycles. The van der Waals surface area contributed by atoms with Gasteiger partial charge in [-0.25, -0.2) is 18.5 Å². The molecular formula is C27H32N4O6S. The van der Waals surface area contributed by atoms with E-state index in [1.807, 2.05) is 11.0 Å². The number of aromatic nitrogens is 1. The molecule has 11 heteroatoms. The summed E-state index contributed by atoms with van der Waals surface area (Å²) in [6.45, 7) is 3.71. The molecule has 4 heterocycles. The molecule has 1 saturated carbocycles. The number of likely N-dealkylation sites (tertiary alicyclic amines) is 2. The van der Waals surface area contributed by atoms with E-state index in [1.165, 1.54) is 24.3 Å². The minimum absolute atomic E-state index is 0.0241. The largest absolute Gasteiger partial charge is 0.474 e. The summed E-state index contributed by atoms with van der Waals surface area (Å²) >= 11 is 0. The highest BCUT2D eigenvalue weighted by Gasteiger charge is 2.43. The molecule has 0 radical (unpaired) electrons. The topological polar surface area (TPSA) is 132 Å². The molecular weight excluding hydrogens is 508 g/mol. The van der Waals surface area contributed by atoms with Crippen LogP contribution >= 0.6 is 0 Å². The number of sulfonamides is 1. The minimum atomic E-state index is -3.81. The molecule has 0 bridgehead atoms. The lowest BCUT2D eigenvalue weighted by atomic mass is 10.0. The summed E-state index contributed by atoms with van der Waals surface area (Å²) in [7, 11) is -3.81. The monoisotopic (exact) mass is 540 g/mol. The van der Waals surface area contributed by atoms with Crippen LogP contribution in [0.2, 0.25) is 0 Å². The van der Waals surface area contributed by atoms with E-state index in [1.54, 1.807) is 11.1 Å². The standard InChI is InChI=1S/C27H32N4O6S/c28-38(34,35)23-5-3-18(4-6-23)26(32)30-13-20-15-31(16-21(20)14-30)27(33)19-11-24(17-1-2-17)25(29-12-19)37-22-7-9-36-10-8-22/h3-6,11-12,17,20-22H,1-2,7-10,13-16H2,(H2,28,34,35)/t20-,21+. The van der Waals surface area contributed by atoms with Gasteiger partial charge in [-0.1, -0.05) is 0 Å². The highest BCUT2D eigenvalue weighted by Crippen LogP contribution is 2.44. The first-order valence-electron chi connectivity index (χ1n) is 13.2. The van der Waals surface area contributed by atoms with Crippen molar-refractivity contribution in [2.45, 2.75) is 42.6 Å². The van der Waals surface area contributed by atoms with Gasteiger partial charge in [0.25, 0.3) is 11.8 Å². The van der Waals surface area contributed by atoms with Gasteiger partial charge < -0.3 is 19.3 Å². The van der Waals surface area contributed by atoms with Crippen LogP contribution in [0.5, 0.6) is 5.88 Å². The van der Waals surface area contributed by atoms with E-state index in [0.717, 1.165) is 31.2 Å². The van der Waals surface area contributed by atoms with E-state index in [9.17, 15) is 18.0 Å². The lowest BCUT2D eigenvalue weighted by Gasteiger charge is -2.24. The van der Waals surface area contributed by atoms with E-state index >= 15 is 0 Å². The molecule has 1 aromatic carbocycles.